The van der Waals surface area contributed by atoms with Crippen molar-refractivity contribution < 1.29 is 19.1 Å². The number of hydrogen-bond acceptors (Lipinski definition) is 4. The number of amides is 2. The molecule has 1 fully saturated rings. The van der Waals surface area contributed by atoms with Gasteiger partial charge in [0.25, 0.3) is 5.91 Å². The molecule has 0 saturated carbocycles. The summed E-state index contributed by atoms with van der Waals surface area (Å²) in [6, 6.07) is 18.6. The summed E-state index contributed by atoms with van der Waals surface area (Å²) in [5.74, 6) is 0.453. The number of carbonyl (C=O) groups excluding carboxylic acids is 2. The molecule has 0 bridgehead atoms. The fraction of sp³-hybridized carbons (Fsp3) is 0.263. The lowest BCUT2D eigenvalue weighted by atomic mass is 10.2. The van der Waals surface area contributed by atoms with Gasteiger partial charge in [-0.1, -0.05) is 36.4 Å². The highest BCUT2D eigenvalue weighted by molar-refractivity contribution is 5.89. The topological polar surface area (TPSA) is 67.9 Å². The van der Waals surface area contributed by atoms with Crippen LogP contribution in [0.25, 0.3) is 0 Å². The largest absolute Gasteiger partial charge is 0.484 e. The van der Waals surface area contributed by atoms with Crippen LogP contribution in [0.5, 0.6) is 5.75 Å². The molecular formula is C19H20N2O4. The summed E-state index contributed by atoms with van der Waals surface area (Å²) < 4.78 is 10.7. The Labute approximate surface area is 146 Å². The van der Waals surface area contributed by atoms with Crippen LogP contribution in [0.2, 0.25) is 0 Å². The molecule has 1 N–H and O–H groups in total. The van der Waals surface area contributed by atoms with Crippen LogP contribution >= 0.6 is 0 Å². The van der Waals surface area contributed by atoms with Crippen molar-refractivity contribution in [3.63, 3.8) is 0 Å². The Morgan fingerprint density at radius 2 is 1.80 bits per heavy atom. The normalized spacial score (nSPS) is 16.4. The van der Waals surface area contributed by atoms with E-state index in [1.165, 1.54) is 0 Å². The Kier molecular flexibility index (Phi) is 5.51. The van der Waals surface area contributed by atoms with Gasteiger partial charge in [0.1, 0.15) is 11.9 Å². The third-order valence-corrected chi connectivity index (χ3v) is 3.84. The zero-order valence-corrected chi connectivity index (χ0v) is 13.8. The third kappa shape index (κ3) is 4.73. The summed E-state index contributed by atoms with van der Waals surface area (Å²) in [5, 5.41) is 2.78. The van der Waals surface area contributed by atoms with Gasteiger partial charge in [0, 0.05) is 18.7 Å². The Bertz CT molecular complexity index is 706. The zero-order valence-electron chi connectivity index (χ0n) is 13.8. The van der Waals surface area contributed by atoms with Crippen molar-refractivity contribution in [2.75, 3.05) is 24.6 Å². The molecular weight excluding hydrogens is 320 g/mol. The van der Waals surface area contributed by atoms with Crippen LogP contribution in [0.1, 0.15) is 6.42 Å². The minimum absolute atomic E-state index is 0.0371. The summed E-state index contributed by atoms with van der Waals surface area (Å²) in [6.07, 6.45) is -0.0235. The maximum Gasteiger partial charge on any atom is 0.414 e. The number of anilines is 1. The van der Waals surface area contributed by atoms with Crippen molar-refractivity contribution in [2.45, 2.75) is 12.5 Å². The monoisotopic (exact) mass is 340 g/mol. The molecule has 0 spiro atoms. The van der Waals surface area contributed by atoms with E-state index in [9.17, 15) is 9.59 Å². The molecule has 1 unspecified atom stereocenters. The second kappa shape index (κ2) is 8.19. The summed E-state index contributed by atoms with van der Waals surface area (Å²) >= 11 is 0. The summed E-state index contributed by atoms with van der Waals surface area (Å²) in [7, 11) is 0. The highest BCUT2D eigenvalue weighted by atomic mass is 16.6. The van der Waals surface area contributed by atoms with E-state index in [-0.39, 0.29) is 24.7 Å². The smallest absolute Gasteiger partial charge is 0.414 e. The van der Waals surface area contributed by atoms with E-state index >= 15 is 0 Å². The van der Waals surface area contributed by atoms with Crippen molar-refractivity contribution in [3.05, 3.63) is 60.7 Å². The maximum absolute atomic E-state index is 11.9. The van der Waals surface area contributed by atoms with Crippen LogP contribution in [0.4, 0.5) is 10.5 Å². The van der Waals surface area contributed by atoms with Gasteiger partial charge in [-0.2, -0.15) is 0 Å². The van der Waals surface area contributed by atoms with Gasteiger partial charge in [0.2, 0.25) is 0 Å². The van der Waals surface area contributed by atoms with Crippen molar-refractivity contribution in [1.82, 2.24) is 5.32 Å². The molecule has 2 amide bonds. The minimum atomic E-state index is -0.352. The first-order valence-corrected chi connectivity index (χ1v) is 8.20. The van der Waals surface area contributed by atoms with Gasteiger partial charge in [0.05, 0.1) is 6.54 Å². The zero-order chi connectivity index (χ0) is 17.5. The SMILES string of the molecule is O=C(COc1ccccc1)NCCC1CN(c2ccccc2)C(=O)O1. The average Bonchev–Trinajstić information content (AvgIpc) is 3.02. The van der Waals surface area contributed by atoms with E-state index in [0.29, 0.717) is 25.3 Å². The summed E-state index contributed by atoms with van der Waals surface area (Å²) in [6.45, 7) is 0.876. The lowest BCUT2D eigenvalue weighted by Gasteiger charge is -2.12. The second-order valence-electron chi connectivity index (χ2n) is 5.69. The molecule has 25 heavy (non-hydrogen) atoms. The van der Waals surface area contributed by atoms with Crippen molar-refractivity contribution in [1.29, 1.82) is 0 Å². The van der Waals surface area contributed by atoms with Gasteiger partial charge in [-0.05, 0) is 24.3 Å². The van der Waals surface area contributed by atoms with Crippen LogP contribution in [0.15, 0.2) is 60.7 Å². The van der Waals surface area contributed by atoms with Gasteiger partial charge in [0.15, 0.2) is 6.61 Å². The molecule has 3 rings (SSSR count). The van der Waals surface area contributed by atoms with E-state index in [2.05, 4.69) is 5.32 Å². The molecule has 2 aromatic rings. The predicted octanol–water partition coefficient (Wildman–Crippen LogP) is 2.60. The first-order chi connectivity index (χ1) is 12.2. The Morgan fingerprint density at radius 3 is 2.52 bits per heavy atom. The standard InChI is InChI=1S/C19H20N2O4/c22-18(14-24-16-9-5-2-6-10-16)20-12-11-17-13-21(19(23)25-17)15-7-3-1-4-8-15/h1-10,17H,11-14H2,(H,20,22). The van der Waals surface area contributed by atoms with Gasteiger partial charge in [-0.25, -0.2) is 4.79 Å². The van der Waals surface area contributed by atoms with Crippen molar-refractivity contribution >= 4 is 17.7 Å². The number of nitrogens with one attached hydrogen (secondary N) is 1. The average molecular weight is 340 g/mol. The third-order valence-electron chi connectivity index (χ3n) is 3.84. The Hall–Kier alpha value is -3.02. The number of carbonyl (C=O) groups is 2. The van der Waals surface area contributed by atoms with Gasteiger partial charge < -0.3 is 14.8 Å². The number of ether oxygens (including phenoxy) is 2. The van der Waals surface area contributed by atoms with Gasteiger partial charge in [-0.3, -0.25) is 9.69 Å². The molecule has 0 aromatic heterocycles. The highest BCUT2D eigenvalue weighted by Gasteiger charge is 2.31. The lowest BCUT2D eigenvalue weighted by molar-refractivity contribution is -0.123. The fourth-order valence-electron chi connectivity index (χ4n) is 2.58. The second-order valence-corrected chi connectivity index (χ2v) is 5.69. The molecule has 1 aliphatic rings. The van der Waals surface area contributed by atoms with E-state index in [1.54, 1.807) is 17.0 Å². The molecule has 6 heteroatoms. The molecule has 1 saturated heterocycles. The molecule has 1 aliphatic heterocycles. The molecule has 6 nitrogen and oxygen atoms in total. The van der Waals surface area contributed by atoms with Crippen LogP contribution in [-0.2, 0) is 9.53 Å². The lowest BCUT2D eigenvalue weighted by Crippen LogP contribution is -2.32. The van der Waals surface area contributed by atoms with Gasteiger partial charge in [-0.15, -0.1) is 0 Å². The van der Waals surface area contributed by atoms with Crippen molar-refractivity contribution in [2.24, 2.45) is 0 Å². The van der Waals surface area contributed by atoms with Crippen LogP contribution in [0.3, 0.4) is 0 Å². The summed E-state index contributed by atoms with van der Waals surface area (Å²) in [4.78, 5) is 25.3. The number of benzene rings is 2. The maximum atomic E-state index is 11.9. The minimum Gasteiger partial charge on any atom is -0.484 e. The summed E-state index contributed by atoms with van der Waals surface area (Å²) in [5.41, 5.74) is 0.815. The first-order valence-electron chi connectivity index (χ1n) is 8.20. The van der Waals surface area contributed by atoms with E-state index in [4.69, 9.17) is 9.47 Å². The first kappa shape index (κ1) is 16.8. The van der Waals surface area contributed by atoms with E-state index in [0.717, 1.165) is 5.69 Å². The fourth-order valence-corrected chi connectivity index (χ4v) is 2.58. The number of hydrogen-bond donors (Lipinski definition) is 1. The van der Waals surface area contributed by atoms with Crippen LogP contribution in [-0.4, -0.2) is 37.8 Å². The van der Waals surface area contributed by atoms with E-state index in [1.807, 2.05) is 48.5 Å². The van der Waals surface area contributed by atoms with Gasteiger partial charge >= 0.3 is 6.09 Å². The number of rotatable bonds is 7. The quantitative estimate of drug-likeness (QED) is 0.841. The van der Waals surface area contributed by atoms with E-state index < -0.39 is 0 Å². The number of para-hydroxylation sites is 2. The molecule has 130 valence electrons. The molecule has 2 aromatic carbocycles. The Balaban J connectivity index is 1.38. The van der Waals surface area contributed by atoms with Crippen LogP contribution in [0, 0.1) is 0 Å². The number of cyclic esters (lactones) is 1. The molecule has 1 atom stereocenters. The van der Waals surface area contributed by atoms with Crippen molar-refractivity contribution in [3.8, 4) is 5.75 Å². The van der Waals surface area contributed by atoms with Crippen LogP contribution < -0.4 is 15.0 Å². The molecule has 1 heterocycles. The number of nitrogens with zero attached hydrogens (tertiary/aromatic N) is 1. The Morgan fingerprint density at radius 1 is 1.12 bits per heavy atom. The molecule has 0 radical (unpaired) electrons. The predicted molar refractivity (Wildman–Crippen MR) is 93.6 cm³/mol. The highest BCUT2D eigenvalue weighted by Crippen LogP contribution is 2.22. The molecule has 0 aliphatic carbocycles.